The van der Waals surface area contributed by atoms with E-state index in [0.717, 1.165) is 0 Å². The summed E-state index contributed by atoms with van der Waals surface area (Å²) in [5.41, 5.74) is 0. The first kappa shape index (κ1) is 9.08. The second-order valence-corrected chi connectivity index (χ2v) is 0.973. The summed E-state index contributed by atoms with van der Waals surface area (Å²) in [7, 11) is 0. The number of hydrogen-bond acceptors (Lipinski definition) is 2. The Bertz CT molecular complexity index is 81.3. The molecule has 0 radical (unpaired) electrons. The first-order chi connectivity index (χ1) is 2.27. The molecule has 3 N–H and O–H groups in total. The zero-order valence-electron chi connectivity index (χ0n) is 3.24. The van der Waals surface area contributed by atoms with E-state index in [9.17, 15) is 0 Å². The molecule has 6 heavy (non-hydrogen) atoms. The molecule has 2 nitrogen and oxygen atoms in total. The van der Waals surface area contributed by atoms with Crippen LogP contribution in [-0.4, -0.2) is 0 Å². The van der Waals surface area contributed by atoms with Crippen molar-refractivity contribution in [3.8, 4) is 6.07 Å². The molecule has 0 saturated heterocycles. The van der Waals surface area contributed by atoms with E-state index < -0.39 is 0 Å². The van der Waals surface area contributed by atoms with Crippen molar-refractivity contribution in [3.05, 3.63) is 11.6 Å². The Morgan fingerprint density at radius 1 is 1.83 bits per heavy atom. The average molecular weight is 105 g/mol. The van der Waals surface area contributed by atoms with Crippen LogP contribution in [0.15, 0.2) is 11.6 Å². The first-order valence-electron chi connectivity index (χ1n) is 1.02. The second kappa shape index (κ2) is 4.48. The molecule has 0 fully saturated rings. The molecule has 0 atom stereocenters. The van der Waals surface area contributed by atoms with Gasteiger partial charge in [-0.05, 0) is 0 Å². The molecule has 0 saturated carbocycles. The van der Waals surface area contributed by atoms with Crippen LogP contribution in [0.2, 0.25) is 0 Å². The molecular weight excluding hydrogens is 99.5 g/mol. The van der Waals surface area contributed by atoms with Gasteiger partial charge in [0.1, 0.15) is 11.1 Å². The Morgan fingerprint density at radius 2 is 2.00 bits per heavy atom. The maximum absolute atomic E-state index is 7.66. The highest BCUT2D eigenvalue weighted by Crippen LogP contribution is 1.88. The Labute approximate surface area is 41.6 Å². The van der Waals surface area contributed by atoms with Crippen molar-refractivity contribution < 1.29 is 0 Å². The van der Waals surface area contributed by atoms with Crippen LogP contribution in [-0.2, 0) is 0 Å². The summed E-state index contributed by atoms with van der Waals surface area (Å²) in [6.45, 7) is 3.08. The van der Waals surface area contributed by atoms with Crippen LogP contribution >= 0.6 is 11.6 Å². The quantitative estimate of drug-likeness (QED) is 0.473. The SMILES string of the molecule is C=C(Cl)C#N.N. The van der Waals surface area contributed by atoms with E-state index in [4.69, 9.17) is 16.9 Å². The lowest BCUT2D eigenvalue weighted by molar-refractivity contribution is 1.53. The van der Waals surface area contributed by atoms with Crippen molar-refractivity contribution in [3.63, 3.8) is 0 Å². The summed E-state index contributed by atoms with van der Waals surface area (Å²) < 4.78 is 0. The zero-order valence-corrected chi connectivity index (χ0v) is 4.00. The van der Waals surface area contributed by atoms with Crippen molar-refractivity contribution in [2.24, 2.45) is 0 Å². The third-order valence-electron chi connectivity index (χ3n) is 0.121. The minimum atomic E-state index is 0. The summed E-state index contributed by atoms with van der Waals surface area (Å²) in [5, 5.41) is 7.69. The van der Waals surface area contributed by atoms with Gasteiger partial charge < -0.3 is 6.15 Å². The molecule has 34 valence electrons. The van der Waals surface area contributed by atoms with E-state index in [1.165, 1.54) is 0 Å². The lowest BCUT2D eigenvalue weighted by Crippen LogP contribution is -1.44. The van der Waals surface area contributed by atoms with Gasteiger partial charge in [-0.2, -0.15) is 5.26 Å². The molecule has 0 aliphatic carbocycles. The number of rotatable bonds is 0. The molecular formula is C3H5ClN2. The summed E-state index contributed by atoms with van der Waals surface area (Å²) in [6, 6.07) is 1.60. The molecule has 0 aliphatic rings. The highest BCUT2D eigenvalue weighted by molar-refractivity contribution is 6.31. The maximum atomic E-state index is 7.66. The van der Waals surface area contributed by atoms with E-state index in [1.54, 1.807) is 6.07 Å². The monoisotopic (exact) mass is 104 g/mol. The van der Waals surface area contributed by atoms with Crippen LogP contribution in [0.1, 0.15) is 0 Å². The topological polar surface area (TPSA) is 58.8 Å². The minimum Gasteiger partial charge on any atom is -0.344 e. The molecule has 0 amide bonds. The highest BCUT2D eigenvalue weighted by Gasteiger charge is 1.68. The third kappa shape index (κ3) is 9.77. The van der Waals surface area contributed by atoms with Crippen LogP contribution in [0.25, 0.3) is 0 Å². The van der Waals surface area contributed by atoms with Crippen LogP contribution in [0.5, 0.6) is 0 Å². The van der Waals surface area contributed by atoms with Crippen molar-refractivity contribution in [2.45, 2.75) is 0 Å². The van der Waals surface area contributed by atoms with E-state index in [-0.39, 0.29) is 11.2 Å². The fourth-order valence-corrected chi connectivity index (χ4v) is 0. The number of halogens is 1. The first-order valence-corrected chi connectivity index (χ1v) is 1.39. The normalized spacial score (nSPS) is 4.67. The van der Waals surface area contributed by atoms with Crippen LogP contribution < -0.4 is 6.15 Å². The summed E-state index contributed by atoms with van der Waals surface area (Å²) in [4.78, 5) is 0. The van der Waals surface area contributed by atoms with E-state index in [0.29, 0.717) is 0 Å². The number of hydrogen-bond donors (Lipinski definition) is 1. The Morgan fingerprint density at radius 3 is 2.00 bits per heavy atom. The number of nitriles is 1. The average Bonchev–Trinajstić information content (AvgIpc) is 1.38. The van der Waals surface area contributed by atoms with E-state index in [1.807, 2.05) is 0 Å². The van der Waals surface area contributed by atoms with Gasteiger partial charge in [0.05, 0.1) is 0 Å². The standard InChI is InChI=1S/C3H2ClN.H3N/c1-3(4)2-5;/h1H2;1H3. The summed E-state index contributed by atoms with van der Waals surface area (Å²) >= 11 is 4.91. The van der Waals surface area contributed by atoms with Gasteiger partial charge in [-0.3, -0.25) is 0 Å². The molecule has 0 rings (SSSR count). The largest absolute Gasteiger partial charge is 0.344 e. The lowest BCUT2D eigenvalue weighted by atomic mass is 10.7. The molecule has 3 heteroatoms. The molecule has 0 aromatic carbocycles. The summed E-state index contributed by atoms with van der Waals surface area (Å²) in [6.07, 6.45) is 0. The van der Waals surface area contributed by atoms with Gasteiger partial charge in [-0.15, -0.1) is 0 Å². The van der Waals surface area contributed by atoms with Gasteiger partial charge in [-0.1, -0.05) is 18.2 Å². The zero-order chi connectivity index (χ0) is 4.28. The van der Waals surface area contributed by atoms with Gasteiger partial charge in [-0.25, -0.2) is 0 Å². The molecule has 0 bridgehead atoms. The predicted octanol–water partition coefficient (Wildman–Crippen LogP) is 1.42. The fourth-order valence-electron chi connectivity index (χ4n) is 0. The Hall–Kier alpha value is -0.520. The molecule has 0 unspecified atom stereocenters. The maximum Gasteiger partial charge on any atom is 0.111 e. The number of allylic oxidation sites excluding steroid dienone is 1. The van der Waals surface area contributed by atoms with Crippen LogP contribution in [0, 0.1) is 11.3 Å². The summed E-state index contributed by atoms with van der Waals surface area (Å²) in [5.74, 6) is 0. The van der Waals surface area contributed by atoms with Crippen molar-refractivity contribution in [1.82, 2.24) is 6.15 Å². The van der Waals surface area contributed by atoms with Gasteiger partial charge in [0.2, 0.25) is 0 Å². The fraction of sp³-hybridized carbons (Fsp3) is 0. The molecule has 0 heterocycles. The van der Waals surface area contributed by atoms with Crippen molar-refractivity contribution in [1.29, 1.82) is 5.26 Å². The minimum absolute atomic E-state index is 0. The van der Waals surface area contributed by atoms with Crippen molar-refractivity contribution in [2.75, 3.05) is 0 Å². The van der Waals surface area contributed by atoms with E-state index in [2.05, 4.69) is 6.58 Å². The van der Waals surface area contributed by atoms with Gasteiger partial charge in [0, 0.05) is 0 Å². The van der Waals surface area contributed by atoms with Gasteiger partial charge in [0.25, 0.3) is 0 Å². The van der Waals surface area contributed by atoms with Crippen LogP contribution in [0.4, 0.5) is 0 Å². The van der Waals surface area contributed by atoms with E-state index >= 15 is 0 Å². The smallest absolute Gasteiger partial charge is 0.111 e. The molecule has 0 aliphatic heterocycles. The third-order valence-corrected chi connectivity index (χ3v) is 0.206. The van der Waals surface area contributed by atoms with Crippen LogP contribution in [0.3, 0.4) is 0 Å². The molecule has 0 aromatic rings. The second-order valence-electron chi connectivity index (χ2n) is 0.517. The van der Waals surface area contributed by atoms with Gasteiger partial charge in [0.15, 0.2) is 0 Å². The van der Waals surface area contributed by atoms with Gasteiger partial charge >= 0.3 is 0 Å². The number of nitrogens with zero attached hydrogens (tertiary/aromatic N) is 1. The molecule has 0 spiro atoms. The van der Waals surface area contributed by atoms with Crippen molar-refractivity contribution >= 4 is 11.6 Å². The highest BCUT2D eigenvalue weighted by atomic mass is 35.5. The predicted molar refractivity (Wildman–Crippen MR) is 25.6 cm³/mol. The molecule has 0 aromatic heterocycles. The Balaban J connectivity index is 0. The Kier molecular flexibility index (Phi) is 6.78. The lowest BCUT2D eigenvalue weighted by Gasteiger charge is -1.58.